The van der Waals surface area contributed by atoms with Gasteiger partial charge in [0.2, 0.25) is 0 Å². The van der Waals surface area contributed by atoms with E-state index in [4.69, 9.17) is 4.74 Å². The van der Waals surface area contributed by atoms with Crippen LogP contribution in [0.1, 0.15) is 29.7 Å². The molecule has 0 saturated carbocycles. The fourth-order valence-corrected chi connectivity index (χ4v) is 3.12. The van der Waals surface area contributed by atoms with E-state index >= 15 is 0 Å². The van der Waals surface area contributed by atoms with E-state index in [9.17, 15) is 0 Å². The Hall–Kier alpha value is -1.20. The minimum atomic E-state index is 0.112. The molecule has 0 aromatic heterocycles. The lowest BCUT2D eigenvalue weighted by atomic mass is 10.00. The number of hydrogen-bond donors (Lipinski definition) is 1. The van der Waals surface area contributed by atoms with Crippen LogP contribution in [0.15, 0.2) is 23.2 Å². The van der Waals surface area contributed by atoms with Crippen molar-refractivity contribution in [2.45, 2.75) is 32.1 Å². The van der Waals surface area contributed by atoms with E-state index in [0.29, 0.717) is 5.25 Å². The summed E-state index contributed by atoms with van der Waals surface area (Å²) in [6.07, 6.45) is 2.25. The van der Waals surface area contributed by atoms with Crippen LogP contribution in [0.4, 0.5) is 0 Å². The van der Waals surface area contributed by atoms with Crippen molar-refractivity contribution in [1.82, 2.24) is 10.2 Å². The summed E-state index contributed by atoms with van der Waals surface area (Å²) in [7, 11) is 1.85. The summed E-state index contributed by atoms with van der Waals surface area (Å²) in [4.78, 5) is 6.76. The first kappa shape index (κ1) is 18.1. The molecule has 4 nitrogen and oxygen atoms in total. The number of thioether (sulfide) groups is 1. The molecule has 2 unspecified atom stereocenters. The van der Waals surface area contributed by atoms with Crippen LogP contribution >= 0.6 is 11.8 Å². The van der Waals surface area contributed by atoms with Crippen LogP contribution < -0.4 is 5.32 Å². The number of aliphatic imine (C=N–C) groups is 1. The van der Waals surface area contributed by atoms with Crippen molar-refractivity contribution in [3.8, 4) is 0 Å². The molecule has 1 aromatic carbocycles. The molecule has 2 atom stereocenters. The summed E-state index contributed by atoms with van der Waals surface area (Å²) < 4.78 is 6.03. The molecular weight excluding hydrogens is 306 g/mol. The van der Waals surface area contributed by atoms with Gasteiger partial charge in [0.25, 0.3) is 0 Å². The summed E-state index contributed by atoms with van der Waals surface area (Å²) >= 11 is 1.86. The number of nitrogens with one attached hydrogen (secondary N) is 1. The molecule has 1 fully saturated rings. The lowest BCUT2D eigenvalue weighted by Crippen LogP contribution is -2.49. The number of hydrogen-bond acceptors (Lipinski definition) is 3. The fourth-order valence-electron chi connectivity index (χ4n) is 2.87. The highest BCUT2D eigenvalue weighted by atomic mass is 32.2. The van der Waals surface area contributed by atoms with Gasteiger partial charge in [0.15, 0.2) is 5.96 Å². The first-order chi connectivity index (χ1) is 11.0. The molecule has 1 aromatic rings. The van der Waals surface area contributed by atoms with E-state index in [0.717, 1.165) is 32.2 Å². The summed E-state index contributed by atoms with van der Waals surface area (Å²) in [5.74, 6) is 0.976. The normalized spacial score (nSPS) is 20.5. The summed E-state index contributed by atoms with van der Waals surface area (Å²) in [6, 6.07) is 6.59. The predicted molar refractivity (Wildman–Crippen MR) is 101 cm³/mol. The van der Waals surface area contributed by atoms with Gasteiger partial charge in [-0.05, 0) is 31.2 Å². The number of benzene rings is 1. The fraction of sp³-hybridized carbons (Fsp3) is 0.611. The first-order valence-electron chi connectivity index (χ1n) is 8.22. The number of nitrogens with zero attached hydrogens (tertiary/aromatic N) is 2. The molecule has 1 heterocycles. The Labute approximate surface area is 144 Å². The molecule has 0 spiro atoms. The van der Waals surface area contributed by atoms with Gasteiger partial charge in [0, 0.05) is 25.4 Å². The molecule has 1 N–H and O–H groups in total. The van der Waals surface area contributed by atoms with Gasteiger partial charge in [-0.25, -0.2) is 0 Å². The van der Waals surface area contributed by atoms with Crippen LogP contribution in [0, 0.1) is 13.8 Å². The van der Waals surface area contributed by atoms with Crippen molar-refractivity contribution in [3.05, 3.63) is 34.9 Å². The zero-order valence-electron chi connectivity index (χ0n) is 14.9. The zero-order chi connectivity index (χ0) is 16.8. The predicted octanol–water partition coefficient (Wildman–Crippen LogP) is 3.00. The van der Waals surface area contributed by atoms with Crippen molar-refractivity contribution in [1.29, 1.82) is 0 Å². The molecule has 0 radical (unpaired) electrons. The number of aryl methyl sites for hydroxylation is 2. The van der Waals surface area contributed by atoms with Gasteiger partial charge in [-0.1, -0.05) is 30.7 Å². The number of guanidine groups is 1. The second-order valence-electron chi connectivity index (χ2n) is 6.14. The van der Waals surface area contributed by atoms with Crippen molar-refractivity contribution in [2.24, 2.45) is 4.99 Å². The number of morpholine rings is 1. The monoisotopic (exact) mass is 335 g/mol. The van der Waals surface area contributed by atoms with Crippen molar-refractivity contribution in [3.63, 3.8) is 0 Å². The summed E-state index contributed by atoms with van der Waals surface area (Å²) in [5.41, 5.74) is 3.88. The molecule has 5 heteroatoms. The maximum atomic E-state index is 6.03. The average molecular weight is 336 g/mol. The Morgan fingerprint density at radius 1 is 1.48 bits per heavy atom. The third-order valence-electron chi connectivity index (χ3n) is 4.30. The van der Waals surface area contributed by atoms with E-state index in [1.807, 2.05) is 18.8 Å². The SMILES string of the molecule is CN=C(NCC(C)SC)N1CCOC(c2ccc(C)cc2C)C1. The third-order valence-corrected chi connectivity index (χ3v) is 5.27. The second kappa shape index (κ2) is 8.60. The van der Waals surface area contributed by atoms with Crippen LogP contribution in [-0.2, 0) is 4.74 Å². The minimum Gasteiger partial charge on any atom is -0.370 e. The third kappa shape index (κ3) is 4.88. The van der Waals surface area contributed by atoms with Gasteiger partial charge < -0.3 is 15.0 Å². The van der Waals surface area contributed by atoms with Crippen LogP contribution in [0.3, 0.4) is 0 Å². The van der Waals surface area contributed by atoms with Crippen molar-refractivity contribution >= 4 is 17.7 Å². The Kier molecular flexibility index (Phi) is 6.78. The molecule has 128 valence electrons. The van der Waals surface area contributed by atoms with Crippen LogP contribution in [0.2, 0.25) is 0 Å². The highest BCUT2D eigenvalue weighted by Gasteiger charge is 2.25. The highest BCUT2D eigenvalue weighted by Crippen LogP contribution is 2.25. The van der Waals surface area contributed by atoms with Gasteiger partial charge >= 0.3 is 0 Å². The lowest BCUT2D eigenvalue weighted by molar-refractivity contribution is -0.00829. The quantitative estimate of drug-likeness (QED) is 0.678. The van der Waals surface area contributed by atoms with Gasteiger partial charge in [0.05, 0.1) is 13.2 Å². The molecular formula is C18H29N3OS. The maximum absolute atomic E-state index is 6.03. The number of ether oxygens (including phenoxy) is 1. The van der Waals surface area contributed by atoms with E-state index in [1.54, 1.807) is 0 Å². The van der Waals surface area contributed by atoms with Crippen molar-refractivity contribution < 1.29 is 4.74 Å². The zero-order valence-corrected chi connectivity index (χ0v) is 15.7. The Bertz CT molecular complexity index is 547. The molecule has 1 aliphatic rings. The molecule has 0 amide bonds. The largest absolute Gasteiger partial charge is 0.370 e. The van der Waals surface area contributed by atoms with E-state index in [2.05, 4.69) is 60.4 Å². The van der Waals surface area contributed by atoms with Crippen LogP contribution in [0.5, 0.6) is 0 Å². The Morgan fingerprint density at radius 3 is 2.91 bits per heavy atom. The van der Waals surface area contributed by atoms with Gasteiger partial charge in [-0.3, -0.25) is 4.99 Å². The van der Waals surface area contributed by atoms with E-state index in [1.165, 1.54) is 16.7 Å². The highest BCUT2D eigenvalue weighted by molar-refractivity contribution is 7.99. The van der Waals surface area contributed by atoms with E-state index in [-0.39, 0.29) is 6.10 Å². The molecule has 1 aliphatic heterocycles. The molecule has 2 rings (SSSR count). The van der Waals surface area contributed by atoms with Gasteiger partial charge in [0.1, 0.15) is 6.10 Å². The lowest BCUT2D eigenvalue weighted by Gasteiger charge is -2.36. The second-order valence-corrected chi connectivity index (χ2v) is 7.42. The van der Waals surface area contributed by atoms with E-state index < -0.39 is 0 Å². The Morgan fingerprint density at radius 2 is 2.26 bits per heavy atom. The maximum Gasteiger partial charge on any atom is 0.193 e. The standard InChI is InChI=1S/C18H29N3OS/c1-13-6-7-16(14(2)10-13)17-12-21(8-9-22-17)18(19-4)20-11-15(3)23-5/h6-7,10,15,17H,8-9,11-12H2,1-5H3,(H,19,20). The van der Waals surface area contributed by atoms with Crippen molar-refractivity contribution in [2.75, 3.05) is 39.5 Å². The Balaban J connectivity index is 2.04. The summed E-state index contributed by atoms with van der Waals surface area (Å²) in [6.45, 7) is 9.91. The molecule has 23 heavy (non-hydrogen) atoms. The average Bonchev–Trinajstić information content (AvgIpc) is 2.55. The first-order valence-corrected chi connectivity index (χ1v) is 9.51. The molecule has 1 saturated heterocycles. The minimum absolute atomic E-state index is 0.112. The van der Waals surface area contributed by atoms with Crippen LogP contribution in [-0.4, -0.2) is 55.7 Å². The molecule has 0 aliphatic carbocycles. The van der Waals surface area contributed by atoms with Crippen LogP contribution in [0.25, 0.3) is 0 Å². The molecule has 0 bridgehead atoms. The van der Waals surface area contributed by atoms with Gasteiger partial charge in [-0.15, -0.1) is 0 Å². The van der Waals surface area contributed by atoms with Gasteiger partial charge in [-0.2, -0.15) is 11.8 Å². The topological polar surface area (TPSA) is 36.9 Å². The smallest absolute Gasteiger partial charge is 0.193 e. The summed E-state index contributed by atoms with van der Waals surface area (Å²) in [5, 5.41) is 4.06. The number of rotatable bonds is 4.